The molecule has 1 nitrogen and oxygen atoms in total. The third-order valence-electron chi connectivity index (χ3n) is 3.93. The van der Waals surface area contributed by atoms with Crippen molar-refractivity contribution in [1.82, 2.24) is 0 Å². The van der Waals surface area contributed by atoms with Gasteiger partial charge < -0.3 is 5.73 Å². The van der Waals surface area contributed by atoms with E-state index < -0.39 is 0 Å². The number of nitrogens with two attached hydrogens (primary N) is 1. The van der Waals surface area contributed by atoms with Gasteiger partial charge in [-0.2, -0.15) is 0 Å². The summed E-state index contributed by atoms with van der Waals surface area (Å²) < 4.78 is 0. The van der Waals surface area contributed by atoms with Crippen molar-refractivity contribution in [3.8, 4) is 0 Å². The standard InChI is InChI=1S/C18H31N/c1-3-4-5-6-7-9-12-16(2)15-18(19)17-13-10-8-11-14-17/h8,10-11,13-14,16,18H,3-7,9,12,15,19H2,1-2H3. The Hall–Kier alpha value is -0.820. The molecule has 108 valence electrons. The van der Waals surface area contributed by atoms with Gasteiger partial charge >= 0.3 is 0 Å². The highest BCUT2D eigenvalue weighted by molar-refractivity contribution is 5.18. The topological polar surface area (TPSA) is 26.0 Å². The van der Waals surface area contributed by atoms with Gasteiger partial charge in [-0.3, -0.25) is 0 Å². The van der Waals surface area contributed by atoms with Gasteiger partial charge in [-0.25, -0.2) is 0 Å². The molecule has 0 saturated carbocycles. The lowest BCUT2D eigenvalue weighted by Crippen LogP contribution is -2.14. The van der Waals surface area contributed by atoms with Gasteiger partial charge in [-0.1, -0.05) is 89.1 Å². The van der Waals surface area contributed by atoms with E-state index in [4.69, 9.17) is 5.73 Å². The summed E-state index contributed by atoms with van der Waals surface area (Å²) in [5.74, 6) is 0.737. The van der Waals surface area contributed by atoms with Crippen molar-refractivity contribution in [2.24, 2.45) is 11.7 Å². The van der Waals surface area contributed by atoms with Crippen LogP contribution in [0.5, 0.6) is 0 Å². The van der Waals surface area contributed by atoms with Gasteiger partial charge in [0, 0.05) is 6.04 Å². The molecule has 0 fully saturated rings. The molecule has 0 aromatic heterocycles. The van der Waals surface area contributed by atoms with E-state index in [0.717, 1.165) is 12.3 Å². The molecule has 1 heteroatoms. The van der Waals surface area contributed by atoms with E-state index in [-0.39, 0.29) is 6.04 Å². The molecule has 0 aliphatic rings. The highest BCUT2D eigenvalue weighted by Gasteiger charge is 2.10. The second-order valence-corrected chi connectivity index (χ2v) is 5.91. The van der Waals surface area contributed by atoms with Gasteiger partial charge in [-0.15, -0.1) is 0 Å². The Morgan fingerprint density at radius 1 is 0.947 bits per heavy atom. The fraction of sp³-hybridized carbons (Fsp3) is 0.667. The molecule has 0 aliphatic heterocycles. The predicted octanol–water partition coefficient (Wildman–Crippen LogP) is 5.46. The Labute approximate surface area is 119 Å². The van der Waals surface area contributed by atoms with E-state index in [1.165, 1.54) is 50.5 Å². The average Bonchev–Trinajstić information content (AvgIpc) is 2.43. The molecule has 19 heavy (non-hydrogen) atoms. The molecule has 1 rings (SSSR count). The lowest BCUT2D eigenvalue weighted by molar-refractivity contribution is 0.421. The van der Waals surface area contributed by atoms with Crippen molar-refractivity contribution < 1.29 is 0 Å². The van der Waals surface area contributed by atoms with E-state index in [1.54, 1.807) is 0 Å². The molecule has 2 unspecified atom stereocenters. The third kappa shape index (κ3) is 7.37. The summed E-state index contributed by atoms with van der Waals surface area (Å²) in [4.78, 5) is 0. The molecule has 0 spiro atoms. The normalized spacial score (nSPS) is 14.3. The van der Waals surface area contributed by atoms with Crippen molar-refractivity contribution in [3.05, 3.63) is 35.9 Å². The maximum absolute atomic E-state index is 6.27. The quantitative estimate of drug-likeness (QED) is 0.556. The fourth-order valence-electron chi connectivity index (χ4n) is 2.66. The van der Waals surface area contributed by atoms with Crippen LogP contribution >= 0.6 is 0 Å². The van der Waals surface area contributed by atoms with E-state index in [2.05, 4.69) is 44.2 Å². The lowest BCUT2D eigenvalue weighted by atomic mass is 9.92. The number of rotatable bonds is 10. The molecule has 2 N–H and O–H groups in total. The maximum atomic E-state index is 6.27. The molecule has 2 atom stereocenters. The first kappa shape index (κ1) is 16.2. The molecule has 0 heterocycles. The SMILES string of the molecule is CCCCCCCCC(C)CC(N)c1ccccc1. The Morgan fingerprint density at radius 2 is 1.58 bits per heavy atom. The van der Waals surface area contributed by atoms with Gasteiger partial charge in [0.2, 0.25) is 0 Å². The molecular weight excluding hydrogens is 230 g/mol. The molecule has 1 aromatic rings. The first-order valence-corrected chi connectivity index (χ1v) is 8.04. The first-order chi connectivity index (χ1) is 9.24. The summed E-state index contributed by atoms with van der Waals surface area (Å²) in [7, 11) is 0. The van der Waals surface area contributed by atoms with Crippen molar-refractivity contribution in [3.63, 3.8) is 0 Å². The van der Waals surface area contributed by atoms with Gasteiger partial charge in [-0.05, 0) is 17.9 Å². The summed E-state index contributed by atoms with van der Waals surface area (Å²) >= 11 is 0. The second kappa shape index (κ2) is 10.0. The van der Waals surface area contributed by atoms with Crippen LogP contribution in [-0.4, -0.2) is 0 Å². The Balaban J connectivity index is 2.12. The van der Waals surface area contributed by atoms with Crippen LogP contribution in [0.15, 0.2) is 30.3 Å². The van der Waals surface area contributed by atoms with E-state index >= 15 is 0 Å². The van der Waals surface area contributed by atoms with Gasteiger partial charge in [0.05, 0.1) is 0 Å². The molecule has 0 saturated heterocycles. The Morgan fingerprint density at radius 3 is 2.26 bits per heavy atom. The number of unbranched alkanes of at least 4 members (excludes halogenated alkanes) is 5. The second-order valence-electron chi connectivity index (χ2n) is 5.91. The van der Waals surface area contributed by atoms with Crippen molar-refractivity contribution in [2.75, 3.05) is 0 Å². The fourth-order valence-corrected chi connectivity index (χ4v) is 2.66. The third-order valence-corrected chi connectivity index (χ3v) is 3.93. The molecular formula is C18H31N. The summed E-state index contributed by atoms with van der Waals surface area (Å²) in [6.45, 7) is 4.61. The van der Waals surface area contributed by atoms with E-state index in [9.17, 15) is 0 Å². The summed E-state index contributed by atoms with van der Waals surface area (Å²) in [6.07, 6.45) is 10.7. The molecule has 0 bridgehead atoms. The zero-order valence-corrected chi connectivity index (χ0v) is 12.8. The van der Waals surface area contributed by atoms with Crippen LogP contribution in [-0.2, 0) is 0 Å². The van der Waals surface area contributed by atoms with E-state index in [0.29, 0.717) is 0 Å². The number of hydrogen-bond acceptors (Lipinski definition) is 1. The van der Waals surface area contributed by atoms with Gasteiger partial charge in [0.25, 0.3) is 0 Å². The van der Waals surface area contributed by atoms with Crippen LogP contribution in [0.25, 0.3) is 0 Å². The number of hydrogen-bond donors (Lipinski definition) is 1. The van der Waals surface area contributed by atoms with Crippen molar-refractivity contribution >= 4 is 0 Å². The molecule has 1 aromatic carbocycles. The monoisotopic (exact) mass is 261 g/mol. The molecule has 0 radical (unpaired) electrons. The predicted molar refractivity (Wildman–Crippen MR) is 85.1 cm³/mol. The average molecular weight is 261 g/mol. The van der Waals surface area contributed by atoms with Crippen LogP contribution in [0.3, 0.4) is 0 Å². The summed E-state index contributed by atoms with van der Waals surface area (Å²) in [6, 6.07) is 10.7. The highest BCUT2D eigenvalue weighted by Crippen LogP contribution is 2.22. The van der Waals surface area contributed by atoms with Crippen LogP contribution < -0.4 is 5.73 Å². The minimum absolute atomic E-state index is 0.205. The smallest absolute Gasteiger partial charge is 0.0297 e. The van der Waals surface area contributed by atoms with Crippen LogP contribution in [0.4, 0.5) is 0 Å². The van der Waals surface area contributed by atoms with Gasteiger partial charge in [0.15, 0.2) is 0 Å². The van der Waals surface area contributed by atoms with Crippen molar-refractivity contribution in [2.45, 2.75) is 71.3 Å². The molecule has 0 aliphatic carbocycles. The maximum Gasteiger partial charge on any atom is 0.0297 e. The first-order valence-electron chi connectivity index (χ1n) is 8.04. The minimum Gasteiger partial charge on any atom is -0.324 e. The zero-order valence-electron chi connectivity index (χ0n) is 12.8. The van der Waals surface area contributed by atoms with E-state index in [1.807, 2.05) is 0 Å². The zero-order chi connectivity index (χ0) is 13.9. The Kier molecular flexibility index (Phi) is 8.57. The van der Waals surface area contributed by atoms with Crippen LogP contribution in [0.1, 0.15) is 76.8 Å². The summed E-state index contributed by atoms with van der Waals surface area (Å²) in [5.41, 5.74) is 7.54. The van der Waals surface area contributed by atoms with Crippen LogP contribution in [0.2, 0.25) is 0 Å². The van der Waals surface area contributed by atoms with Crippen LogP contribution in [0, 0.1) is 5.92 Å². The van der Waals surface area contributed by atoms with Crippen molar-refractivity contribution in [1.29, 1.82) is 0 Å². The van der Waals surface area contributed by atoms with Gasteiger partial charge in [0.1, 0.15) is 0 Å². The summed E-state index contributed by atoms with van der Waals surface area (Å²) in [5, 5.41) is 0. The lowest BCUT2D eigenvalue weighted by Gasteiger charge is -2.17. The largest absolute Gasteiger partial charge is 0.324 e. The number of benzene rings is 1. The molecule has 0 amide bonds. The highest BCUT2D eigenvalue weighted by atomic mass is 14.6. The minimum atomic E-state index is 0.205. The Bertz CT molecular complexity index is 307.